The summed E-state index contributed by atoms with van der Waals surface area (Å²) in [6, 6.07) is 20.5. The smallest absolute Gasteiger partial charge is 0.244 e. The van der Waals surface area contributed by atoms with Crippen LogP contribution < -0.4 is 10.1 Å². The molecule has 7 heteroatoms. The van der Waals surface area contributed by atoms with Crippen molar-refractivity contribution in [2.45, 2.75) is 10.1 Å². The highest BCUT2D eigenvalue weighted by Crippen LogP contribution is 2.28. The summed E-state index contributed by atoms with van der Waals surface area (Å²) in [5, 5.41) is 1.64. The van der Waals surface area contributed by atoms with Crippen LogP contribution in [0.4, 0.5) is 4.39 Å². The van der Waals surface area contributed by atoms with E-state index in [-0.39, 0.29) is 11.4 Å². The van der Waals surface area contributed by atoms with Crippen molar-refractivity contribution in [3.63, 3.8) is 0 Å². The number of amides is 1. The van der Waals surface area contributed by atoms with Crippen molar-refractivity contribution < 1.29 is 22.3 Å². The first-order valence-electron chi connectivity index (χ1n) is 9.54. The van der Waals surface area contributed by atoms with Crippen molar-refractivity contribution in [2.75, 3.05) is 13.7 Å². The van der Waals surface area contributed by atoms with Crippen molar-refractivity contribution in [3.05, 3.63) is 102 Å². The SMILES string of the molecule is COc1cccc(/C=C/C(=O)NCC(c2ccccc2)S(=O)(=O)c2ccc(F)cc2)c1. The molecule has 1 amide bonds. The highest BCUT2D eigenvalue weighted by molar-refractivity contribution is 7.91. The summed E-state index contributed by atoms with van der Waals surface area (Å²) in [7, 11) is -2.31. The Kier molecular flexibility index (Phi) is 7.20. The quantitative estimate of drug-likeness (QED) is 0.422. The van der Waals surface area contributed by atoms with E-state index in [2.05, 4.69) is 5.32 Å². The third kappa shape index (κ3) is 5.79. The molecule has 5 nitrogen and oxygen atoms in total. The first-order chi connectivity index (χ1) is 14.9. The first kappa shape index (κ1) is 22.2. The van der Waals surface area contributed by atoms with Gasteiger partial charge in [0.2, 0.25) is 5.91 Å². The Bertz CT molecular complexity index is 1160. The maximum Gasteiger partial charge on any atom is 0.244 e. The summed E-state index contributed by atoms with van der Waals surface area (Å²) in [5.41, 5.74) is 1.30. The third-order valence-electron chi connectivity index (χ3n) is 4.67. The number of sulfone groups is 1. The molecule has 0 aliphatic heterocycles. The number of hydrogen-bond acceptors (Lipinski definition) is 4. The molecule has 3 aromatic rings. The Balaban J connectivity index is 1.78. The number of rotatable bonds is 8. The van der Waals surface area contributed by atoms with Crippen molar-refractivity contribution >= 4 is 21.8 Å². The molecule has 0 aromatic heterocycles. The van der Waals surface area contributed by atoms with Crippen LogP contribution in [-0.4, -0.2) is 28.0 Å². The number of benzene rings is 3. The standard InChI is InChI=1S/C24H22FNO4S/c1-30-21-9-5-6-18(16-21)10-15-24(27)26-17-23(19-7-3-2-4-8-19)31(28,29)22-13-11-20(25)12-14-22/h2-16,23H,17H2,1H3,(H,26,27)/b15-10+. The topological polar surface area (TPSA) is 72.5 Å². The fraction of sp³-hybridized carbons (Fsp3) is 0.125. The molecule has 0 radical (unpaired) electrons. The highest BCUT2D eigenvalue weighted by Gasteiger charge is 2.29. The Labute approximate surface area is 181 Å². The van der Waals surface area contributed by atoms with Gasteiger partial charge in [0.25, 0.3) is 0 Å². The lowest BCUT2D eigenvalue weighted by Gasteiger charge is -2.18. The molecule has 0 spiro atoms. The molecule has 3 aromatic carbocycles. The van der Waals surface area contributed by atoms with E-state index in [9.17, 15) is 17.6 Å². The number of carbonyl (C=O) groups is 1. The highest BCUT2D eigenvalue weighted by atomic mass is 32.2. The zero-order valence-corrected chi connectivity index (χ0v) is 17.7. The second-order valence-corrected chi connectivity index (χ2v) is 8.88. The fourth-order valence-electron chi connectivity index (χ4n) is 3.03. The van der Waals surface area contributed by atoms with Crippen LogP contribution in [0.1, 0.15) is 16.4 Å². The van der Waals surface area contributed by atoms with Gasteiger partial charge in [0.05, 0.1) is 12.0 Å². The van der Waals surface area contributed by atoms with Crippen LogP contribution in [0.2, 0.25) is 0 Å². The molecular weight excluding hydrogens is 417 g/mol. The maximum absolute atomic E-state index is 13.3. The summed E-state index contributed by atoms with van der Waals surface area (Å²) >= 11 is 0. The van der Waals surface area contributed by atoms with E-state index in [1.54, 1.807) is 61.7 Å². The predicted octanol–water partition coefficient (Wildman–Crippen LogP) is 4.18. The molecule has 1 atom stereocenters. The molecule has 1 N–H and O–H groups in total. The molecule has 0 saturated carbocycles. The Morgan fingerprint density at radius 2 is 1.74 bits per heavy atom. The van der Waals surface area contributed by atoms with Crippen LogP contribution in [0, 0.1) is 5.82 Å². The van der Waals surface area contributed by atoms with Gasteiger partial charge < -0.3 is 10.1 Å². The predicted molar refractivity (Wildman–Crippen MR) is 118 cm³/mol. The van der Waals surface area contributed by atoms with Gasteiger partial charge in [-0.25, -0.2) is 12.8 Å². The molecule has 0 fully saturated rings. The molecule has 0 heterocycles. The van der Waals surface area contributed by atoms with E-state index in [1.165, 1.54) is 18.2 Å². The molecule has 0 saturated heterocycles. The molecule has 0 bridgehead atoms. The second kappa shape index (κ2) is 10.0. The van der Waals surface area contributed by atoms with Gasteiger partial charge in [0.1, 0.15) is 16.8 Å². The van der Waals surface area contributed by atoms with E-state index in [4.69, 9.17) is 4.74 Å². The summed E-state index contributed by atoms with van der Waals surface area (Å²) in [4.78, 5) is 12.3. The number of halogens is 1. The molecule has 160 valence electrons. The van der Waals surface area contributed by atoms with Crippen LogP contribution >= 0.6 is 0 Å². The average molecular weight is 440 g/mol. The lowest BCUT2D eigenvalue weighted by molar-refractivity contribution is -0.116. The lowest BCUT2D eigenvalue weighted by atomic mass is 10.1. The van der Waals surface area contributed by atoms with Crippen LogP contribution in [0.15, 0.2) is 89.8 Å². The Hall–Kier alpha value is -3.45. The van der Waals surface area contributed by atoms with Crippen LogP contribution in [0.3, 0.4) is 0 Å². The zero-order chi connectivity index (χ0) is 22.3. The number of nitrogens with one attached hydrogen (secondary N) is 1. The monoisotopic (exact) mass is 439 g/mol. The van der Waals surface area contributed by atoms with E-state index in [0.717, 1.165) is 17.7 Å². The summed E-state index contributed by atoms with van der Waals surface area (Å²) in [6.45, 7) is -0.134. The van der Waals surface area contributed by atoms with Gasteiger partial charge in [0, 0.05) is 12.6 Å². The van der Waals surface area contributed by atoms with Crippen molar-refractivity contribution in [1.29, 1.82) is 0 Å². The Morgan fingerprint density at radius 1 is 1.03 bits per heavy atom. The normalized spacial score (nSPS) is 12.5. The van der Waals surface area contributed by atoms with E-state index in [1.807, 2.05) is 6.07 Å². The number of carbonyl (C=O) groups excluding carboxylic acids is 1. The van der Waals surface area contributed by atoms with Crippen LogP contribution in [-0.2, 0) is 14.6 Å². The van der Waals surface area contributed by atoms with E-state index < -0.39 is 26.8 Å². The molecule has 0 aliphatic rings. The minimum atomic E-state index is -3.86. The van der Waals surface area contributed by atoms with Gasteiger partial charge in [-0.3, -0.25) is 4.79 Å². The molecule has 31 heavy (non-hydrogen) atoms. The average Bonchev–Trinajstić information content (AvgIpc) is 2.79. The van der Waals surface area contributed by atoms with Gasteiger partial charge in [-0.1, -0.05) is 42.5 Å². The molecular formula is C24H22FNO4S. The third-order valence-corrected chi connectivity index (χ3v) is 6.79. The number of ether oxygens (including phenoxy) is 1. The minimum Gasteiger partial charge on any atom is -0.497 e. The van der Waals surface area contributed by atoms with Gasteiger partial charge in [0.15, 0.2) is 9.84 Å². The zero-order valence-electron chi connectivity index (χ0n) is 16.9. The van der Waals surface area contributed by atoms with Crippen molar-refractivity contribution in [2.24, 2.45) is 0 Å². The van der Waals surface area contributed by atoms with Gasteiger partial charge in [-0.15, -0.1) is 0 Å². The molecule has 3 rings (SSSR count). The van der Waals surface area contributed by atoms with Crippen molar-refractivity contribution in [1.82, 2.24) is 5.32 Å². The fourth-order valence-corrected chi connectivity index (χ4v) is 4.69. The van der Waals surface area contributed by atoms with E-state index >= 15 is 0 Å². The lowest BCUT2D eigenvalue weighted by Crippen LogP contribution is -2.30. The van der Waals surface area contributed by atoms with Gasteiger partial charge in [-0.2, -0.15) is 0 Å². The van der Waals surface area contributed by atoms with Crippen LogP contribution in [0.25, 0.3) is 6.08 Å². The minimum absolute atomic E-state index is 0.0103. The largest absolute Gasteiger partial charge is 0.497 e. The van der Waals surface area contributed by atoms with Gasteiger partial charge >= 0.3 is 0 Å². The van der Waals surface area contributed by atoms with Gasteiger partial charge in [-0.05, 0) is 53.6 Å². The van der Waals surface area contributed by atoms with Crippen LogP contribution in [0.5, 0.6) is 5.75 Å². The summed E-state index contributed by atoms with van der Waals surface area (Å²) < 4.78 is 44.8. The summed E-state index contributed by atoms with van der Waals surface area (Å²) in [6.07, 6.45) is 2.95. The van der Waals surface area contributed by atoms with Crippen molar-refractivity contribution in [3.8, 4) is 5.75 Å². The molecule has 1 unspecified atom stereocenters. The van der Waals surface area contributed by atoms with E-state index in [0.29, 0.717) is 11.3 Å². The number of hydrogen-bond donors (Lipinski definition) is 1. The maximum atomic E-state index is 13.3. The first-order valence-corrected chi connectivity index (χ1v) is 11.1. The molecule has 0 aliphatic carbocycles. The Morgan fingerprint density at radius 3 is 2.42 bits per heavy atom. The second-order valence-electron chi connectivity index (χ2n) is 6.75. The number of methoxy groups -OCH3 is 1. The summed E-state index contributed by atoms with van der Waals surface area (Å²) in [5.74, 6) is -0.290.